The Bertz CT molecular complexity index is 3260. The number of benzene rings is 1. The van der Waals surface area contributed by atoms with E-state index in [1.165, 1.54) is 13.8 Å². The summed E-state index contributed by atoms with van der Waals surface area (Å²) in [5.74, 6) is -15.1. The second-order valence-corrected chi connectivity index (χ2v) is 26.9. The van der Waals surface area contributed by atoms with Gasteiger partial charge in [0.05, 0.1) is 19.0 Å². The fraction of sp³-hybridized carbons (Fsp3) is 0.642. The van der Waals surface area contributed by atoms with Gasteiger partial charge in [0.25, 0.3) is 0 Å². The number of nitrogens with two attached hydrogens (primary N) is 12. The summed E-state index contributed by atoms with van der Waals surface area (Å²) in [4.78, 5) is 215. The van der Waals surface area contributed by atoms with Gasteiger partial charge >= 0.3 is 0 Å². The van der Waals surface area contributed by atoms with E-state index in [1.807, 2.05) is 0 Å². The number of rotatable bonds is 55. The minimum absolute atomic E-state index is 0.00222. The van der Waals surface area contributed by atoms with E-state index in [0.717, 1.165) is 0 Å². The van der Waals surface area contributed by atoms with Crippen LogP contribution in [0.2, 0.25) is 0 Å². The number of hydrogen-bond donors (Lipinski definition) is 24. The number of aliphatic imine (C=N–C) groups is 3. The molecule has 36 N–H and O–H groups in total. The molecule has 12 atom stereocenters. The predicted octanol–water partition coefficient (Wildman–Crippen LogP) is -9.21. The molecule has 0 aromatic heterocycles. The first-order valence-electron chi connectivity index (χ1n) is 36.1. The van der Waals surface area contributed by atoms with E-state index < -0.39 is 193 Å². The molecule has 0 saturated carbocycles. The number of carbonyl (C=O) groups excluding carboxylic acids is 15. The first-order chi connectivity index (χ1) is 51.3. The molecule has 0 aliphatic carbocycles. The van der Waals surface area contributed by atoms with Gasteiger partial charge in [0.2, 0.25) is 88.6 Å². The average molecular weight is 1540 g/mol. The highest BCUT2D eigenvalue weighted by atomic mass is 16.2. The normalized spacial score (nSPS) is 14.3. The molecular weight excluding hydrogens is 1420 g/mol. The Morgan fingerprint density at radius 1 is 0.376 bits per heavy atom. The maximum atomic E-state index is 14.4. The van der Waals surface area contributed by atoms with Crippen molar-refractivity contribution in [3.05, 3.63) is 35.9 Å². The van der Waals surface area contributed by atoms with Crippen molar-refractivity contribution in [1.29, 1.82) is 0 Å². The molecule has 15 amide bonds. The van der Waals surface area contributed by atoms with E-state index in [2.05, 4.69) is 78.8 Å². The molecule has 1 aromatic carbocycles. The van der Waals surface area contributed by atoms with Crippen LogP contribution in [0, 0.1) is 11.8 Å². The minimum atomic E-state index is -1.67. The van der Waals surface area contributed by atoms with E-state index in [9.17, 15) is 71.9 Å². The van der Waals surface area contributed by atoms with Crippen LogP contribution in [0.1, 0.15) is 150 Å². The number of amides is 15. The molecule has 0 aliphatic heterocycles. The summed E-state index contributed by atoms with van der Waals surface area (Å²) in [5, 5.41) is 30.3. The summed E-state index contributed by atoms with van der Waals surface area (Å²) in [5.41, 5.74) is 67.6. The van der Waals surface area contributed by atoms with Crippen molar-refractivity contribution in [2.24, 2.45) is 95.6 Å². The van der Waals surface area contributed by atoms with Crippen molar-refractivity contribution in [1.82, 2.24) is 63.8 Å². The lowest BCUT2D eigenvalue weighted by atomic mass is 10.0. The highest BCUT2D eigenvalue weighted by Crippen LogP contribution is 2.13. The van der Waals surface area contributed by atoms with E-state index in [4.69, 9.17) is 68.8 Å². The highest BCUT2D eigenvalue weighted by Gasteiger charge is 2.37. The molecule has 612 valence electrons. The van der Waals surface area contributed by atoms with Crippen LogP contribution in [0.5, 0.6) is 0 Å². The lowest BCUT2D eigenvalue weighted by molar-refractivity contribution is -0.136. The van der Waals surface area contributed by atoms with Crippen LogP contribution in [0.15, 0.2) is 45.3 Å². The first-order valence-corrected chi connectivity index (χ1v) is 36.1. The zero-order chi connectivity index (χ0) is 82.5. The van der Waals surface area contributed by atoms with Gasteiger partial charge in [-0.3, -0.25) is 86.9 Å². The standard InChI is InChI=1S/C67H119N27O15/c1-35(2)31-46(63(108)89-44(23-16-30-82-67(78)79)59(104)90-45(24-25-49(71)95)61(106)88-42(21-11-13-27-69)60(105)93-48(33-50(72)96)64(109)94-52(36(3)4)53(73)98)91-54(99)37(5)84-51(97)34-83-57(102)41(20-10-12-26-68)87-58(103)43(22-15-29-81-66(76)77)86-55(100)38(6)85-62(107)47(32-39-17-8-7-9-18-39)92-56(101)40(70)19-14-28-80-65(74)75/h7-9,17-18,35-38,40-48,52H,10-16,19-34,68-70H2,1-6H3,(H2,71,95)(H2,72,96)(H2,73,98)(H,83,102)(H,84,97)(H,85,107)(H,86,100)(H,87,103)(H,88,106)(H,89,108)(H,90,104)(H,91,99)(H,92,101)(H,93,105)(H,94,109)(H4,74,75,80)(H4,76,77,81)(H4,78,79,82)/t37-,38-,40-,41-,42-,43-,44-,45-,46-,47-,48-,52-/m0/s1. The molecule has 0 aliphatic rings. The quantitative estimate of drug-likeness (QED) is 0.0164. The van der Waals surface area contributed by atoms with Gasteiger partial charge in [-0.25, -0.2) is 0 Å². The Morgan fingerprint density at radius 2 is 0.752 bits per heavy atom. The monoisotopic (exact) mass is 1540 g/mol. The van der Waals surface area contributed by atoms with Gasteiger partial charge in [-0.15, -0.1) is 0 Å². The number of unbranched alkanes of at least 4 members (excludes halogenated alkanes) is 2. The molecule has 1 aromatic rings. The summed E-state index contributed by atoms with van der Waals surface area (Å²) in [6.07, 6.45) is -0.244. The minimum Gasteiger partial charge on any atom is -0.370 e. The topological polar surface area (TPSA) is 750 Å². The molecule has 0 spiro atoms. The van der Waals surface area contributed by atoms with E-state index in [-0.39, 0.29) is 121 Å². The Hall–Kier alpha value is -11.0. The SMILES string of the molecule is CC(C)C[C@H](NC(=O)[C@H](C)NC(=O)CNC(=O)[C@H](CCCCN)NC(=O)[C@H](CCCN=C(N)N)NC(=O)[C@H](C)NC(=O)[C@H](Cc1ccccc1)NC(=O)[C@@H](N)CCCN=C(N)N)C(=O)N[C@@H](CCCN=C(N)N)C(=O)N[C@@H](CCC(N)=O)C(=O)N[C@@H](CCCCN)C(=O)N[C@@H](CC(N)=O)C(=O)N[C@H](C(N)=O)C(C)C. The van der Waals surface area contributed by atoms with Crippen molar-refractivity contribution in [2.75, 3.05) is 39.3 Å². The van der Waals surface area contributed by atoms with Crippen molar-refractivity contribution in [2.45, 2.75) is 223 Å². The maximum Gasteiger partial charge on any atom is 0.243 e. The van der Waals surface area contributed by atoms with Crippen LogP contribution in [0.3, 0.4) is 0 Å². The highest BCUT2D eigenvalue weighted by molar-refractivity contribution is 6.00. The van der Waals surface area contributed by atoms with Gasteiger partial charge in [0.1, 0.15) is 66.5 Å². The average Bonchev–Trinajstić information content (AvgIpc) is 0.856. The molecule has 0 fully saturated rings. The Morgan fingerprint density at radius 3 is 1.17 bits per heavy atom. The van der Waals surface area contributed by atoms with Crippen LogP contribution < -0.4 is 133 Å². The summed E-state index contributed by atoms with van der Waals surface area (Å²) in [6, 6.07) is -7.99. The van der Waals surface area contributed by atoms with Gasteiger partial charge in [0, 0.05) is 32.5 Å². The maximum absolute atomic E-state index is 14.4. The van der Waals surface area contributed by atoms with Crippen molar-refractivity contribution < 1.29 is 71.9 Å². The molecule has 0 heterocycles. The van der Waals surface area contributed by atoms with Crippen LogP contribution >= 0.6 is 0 Å². The van der Waals surface area contributed by atoms with E-state index in [0.29, 0.717) is 31.2 Å². The number of nitrogens with zero attached hydrogens (tertiary/aromatic N) is 3. The van der Waals surface area contributed by atoms with Crippen LogP contribution in [-0.2, 0) is 78.3 Å². The lowest BCUT2D eigenvalue weighted by Crippen LogP contribution is -2.60. The Kier molecular flexibility index (Phi) is 45.8. The zero-order valence-corrected chi connectivity index (χ0v) is 63.1. The molecule has 1 rings (SSSR count). The van der Waals surface area contributed by atoms with Crippen molar-refractivity contribution in [3.63, 3.8) is 0 Å². The Labute approximate surface area is 633 Å². The zero-order valence-electron chi connectivity index (χ0n) is 63.1. The van der Waals surface area contributed by atoms with Gasteiger partial charge in [-0.05, 0) is 134 Å². The molecule has 0 bridgehead atoms. The summed E-state index contributed by atoms with van der Waals surface area (Å²) < 4.78 is 0. The van der Waals surface area contributed by atoms with Crippen LogP contribution in [0.4, 0.5) is 0 Å². The molecule has 0 unspecified atom stereocenters. The molecule has 0 saturated heterocycles. The molecule has 42 nitrogen and oxygen atoms in total. The molecule has 109 heavy (non-hydrogen) atoms. The third kappa shape index (κ3) is 41.0. The lowest BCUT2D eigenvalue weighted by Gasteiger charge is -2.28. The summed E-state index contributed by atoms with van der Waals surface area (Å²) >= 11 is 0. The molecular formula is C67H119N27O15. The number of hydrogen-bond acceptors (Lipinski definition) is 21. The second kappa shape index (κ2) is 52.1. The number of guanidine groups is 3. The largest absolute Gasteiger partial charge is 0.370 e. The summed E-state index contributed by atoms with van der Waals surface area (Å²) in [7, 11) is 0. The third-order valence-corrected chi connectivity index (χ3v) is 16.4. The van der Waals surface area contributed by atoms with Gasteiger partial charge in [-0.2, -0.15) is 0 Å². The molecule has 42 heteroatoms. The van der Waals surface area contributed by atoms with Gasteiger partial charge < -0.3 is 133 Å². The van der Waals surface area contributed by atoms with Crippen LogP contribution in [0.25, 0.3) is 0 Å². The first kappa shape index (κ1) is 96.0. The fourth-order valence-corrected chi connectivity index (χ4v) is 10.5. The van der Waals surface area contributed by atoms with Gasteiger partial charge in [0.15, 0.2) is 17.9 Å². The number of nitrogens with one attached hydrogen (secondary N) is 12. The predicted molar refractivity (Wildman–Crippen MR) is 405 cm³/mol. The van der Waals surface area contributed by atoms with Gasteiger partial charge in [-0.1, -0.05) is 58.0 Å². The van der Waals surface area contributed by atoms with E-state index in [1.54, 1.807) is 58.0 Å². The smallest absolute Gasteiger partial charge is 0.243 e. The fourth-order valence-electron chi connectivity index (χ4n) is 10.5. The third-order valence-electron chi connectivity index (χ3n) is 16.4. The summed E-state index contributed by atoms with van der Waals surface area (Å²) in [6.45, 7) is 9.01. The number of primary amides is 3. The van der Waals surface area contributed by atoms with Crippen molar-refractivity contribution in [3.8, 4) is 0 Å². The second-order valence-electron chi connectivity index (χ2n) is 26.9. The van der Waals surface area contributed by atoms with Crippen molar-refractivity contribution >= 4 is 106 Å². The Balaban J connectivity index is 3.48. The molecule has 0 radical (unpaired) electrons. The van der Waals surface area contributed by atoms with E-state index >= 15 is 0 Å². The van der Waals surface area contributed by atoms with Crippen LogP contribution in [-0.4, -0.2) is 218 Å². The number of carbonyl (C=O) groups is 15.